The molecule has 1 heterocycles. The predicted octanol–water partition coefficient (Wildman–Crippen LogP) is 1.62. The first-order valence-corrected chi connectivity index (χ1v) is 6.32. The Labute approximate surface area is 108 Å². The molecule has 0 spiro atoms. The monoisotopic (exact) mass is 256 g/mol. The summed E-state index contributed by atoms with van der Waals surface area (Å²) in [5.41, 5.74) is 0.911. The number of aryl methyl sites for hydroxylation is 1. The van der Waals surface area contributed by atoms with Crippen molar-refractivity contribution in [3.8, 4) is 0 Å². The Morgan fingerprint density at radius 2 is 2.35 bits per heavy atom. The van der Waals surface area contributed by atoms with E-state index < -0.39 is 0 Å². The highest BCUT2D eigenvalue weighted by atomic mass is 32.1. The van der Waals surface area contributed by atoms with E-state index >= 15 is 0 Å². The zero-order valence-corrected chi connectivity index (χ0v) is 11.2. The summed E-state index contributed by atoms with van der Waals surface area (Å²) in [6.07, 6.45) is 4.63. The van der Waals surface area contributed by atoms with Crippen LogP contribution in [0.25, 0.3) is 0 Å². The Kier molecular flexibility index (Phi) is 6.57. The lowest BCUT2D eigenvalue weighted by Gasteiger charge is -2.08. The summed E-state index contributed by atoms with van der Waals surface area (Å²) in [7, 11) is 0. The number of aromatic nitrogens is 2. The van der Waals surface area contributed by atoms with Gasteiger partial charge in [0.05, 0.1) is 11.9 Å². The van der Waals surface area contributed by atoms with Crippen molar-refractivity contribution in [1.29, 1.82) is 0 Å². The van der Waals surface area contributed by atoms with Crippen LogP contribution >= 0.6 is 12.2 Å². The number of anilines is 1. The molecule has 6 heteroatoms. The first kappa shape index (κ1) is 13.9. The van der Waals surface area contributed by atoms with Crippen LogP contribution in [0.3, 0.4) is 0 Å². The zero-order chi connectivity index (χ0) is 12.5. The third-order valence-electron chi connectivity index (χ3n) is 2.17. The minimum Gasteiger partial charge on any atom is -0.382 e. The van der Waals surface area contributed by atoms with Crippen molar-refractivity contribution >= 4 is 23.0 Å². The van der Waals surface area contributed by atoms with Gasteiger partial charge in [0.2, 0.25) is 0 Å². The molecule has 0 fully saturated rings. The molecule has 0 radical (unpaired) electrons. The molecule has 2 N–H and O–H groups in total. The van der Waals surface area contributed by atoms with Gasteiger partial charge in [-0.1, -0.05) is 0 Å². The van der Waals surface area contributed by atoms with Crippen molar-refractivity contribution in [1.82, 2.24) is 15.1 Å². The second-order valence-corrected chi connectivity index (χ2v) is 3.92. The Bertz CT molecular complexity index is 340. The first-order valence-electron chi connectivity index (χ1n) is 5.91. The summed E-state index contributed by atoms with van der Waals surface area (Å²) in [6.45, 7) is 7.23. The molecular weight excluding hydrogens is 236 g/mol. The van der Waals surface area contributed by atoms with E-state index in [2.05, 4.69) is 15.7 Å². The number of hydrogen-bond donors (Lipinski definition) is 2. The van der Waals surface area contributed by atoms with Gasteiger partial charge >= 0.3 is 0 Å². The number of nitrogens with zero attached hydrogens (tertiary/aromatic N) is 2. The lowest BCUT2D eigenvalue weighted by atomic mass is 10.4. The van der Waals surface area contributed by atoms with E-state index in [9.17, 15) is 0 Å². The van der Waals surface area contributed by atoms with Crippen LogP contribution in [0.4, 0.5) is 5.69 Å². The largest absolute Gasteiger partial charge is 0.382 e. The summed E-state index contributed by atoms with van der Waals surface area (Å²) in [5.74, 6) is 0. The molecular formula is C11H20N4OS. The lowest BCUT2D eigenvalue weighted by molar-refractivity contribution is 0.146. The highest BCUT2D eigenvalue weighted by molar-refractivity contribution is 7.80. The smallest absolute Gasteiger partial charge is 0.170 e. The van der Waals surface area contributed by atoms with Gasteiger partial charge in [-0.25, -0.2) is 0 Å². The van der Waals surface area contributed by atoms with Crippen molar-refractivity contribution in [2.75, 3.05) is 25.1 Å². The predicted molar refractivity (Wildman–Crippen MR) is 73.2 cm³/mol. The fourth-order valence-corrected chi connectivity index (χ4v) is 1.52. The van der Waals surface area contributed by atoms with Gasteiger partial charge in [-0.05, 0) is 32.5 Å². The molecule has 1 aromatic heterocycles. The lowest BCUT2D eigenvalue weighted by Crippen LogP contribution is -2.29. The van der Waals surface area contributed by atoms with Gasteiger partial charge < -0.3 is 15.4 Å². The van der Waals surface area contributed by atoms with Gasteiger partial charge in [-0.3, -0.25) is 4.68 Å². The van der Waals surface area contributed by atoms with Crippen LogP contribution in [0.15, 0.2) is 12.4 Å². The number of thiocarbonyl (C=S) groups is 1. The van der Waals surface area contributed by atoms with E-state index in [-0.39, 0.29) is 0 Å². The summed E-state index contributed by atoms with van der Waals surface area (Å²) in [5, 5.41) is 11.0. The van der Waals surface area contributed by atoms with Crippen LogP contribution in [0.1, 0.15) is 20.3 Å². The fraction of sp³-hybridized carbons (Fsp3) is 0.636. The number of hydrogen-bond acceptors (Lipinski definition) is 3. The van der Waals surface area contributed by atoms with Crippen LogP contribution < -0.4 is 10.6 Å². The Morgan fingerprint density at radius 1 is 1.53 bits per heavy atom. The Hall–Kier alpha value is -1.14. The van der Waals surface area contributed by atoms with Gasteiger partial charge in [-0.2, -0.15) is 5.10 Å². The maximum atomic E-state index is 5.23. The van der Waals surface area contributed by atoms with E-state index in [0.29, 0.717) is 5.11 Å². The van der Waals surface area contributed by atoms with Crippen molar-refractivity contribution in [2.45, 2.75) is 26.8 Å². The molecule has 96 valence electrons. The summed E-state index contributed by atoms with van der Waals surface area (Å²) in [4.78, 5) is 0. The van der Waals surface area contributed by atoms with Gasteiger partial charge in [0.15, 0.2) is 5.11 Å². The highest BCUT2D eigenvalue weighted by Crippen LogP contribution is 2.03. The topological polar surface area (TPSA) is 51.1 Å². The average molecular weight is 256 g/mol. The zero-order valence-electron chi connectivity index (χ0n) is 10.4. The minimum atomic E-state index is 0.622. The molecule has 0 aliphatic carbocycles. The standard InChI is InChI=1S/C11H20N4OS/c1-3-15-9-10(8-13-15)14-11(17)12-6-5-7-16-4-2/h8-9H,3-7H2,1-2H3,(H2,12,14,17). The molecule has 0 saturated heterocycles. The number of nitrogens with one attached hydrogen (secondary N) is 2. The number of rotatable bonds is 7. The number of ether oxygens (including phenoxy) is 1. The highest BCUT2D eigenvalue weighted by Gasteiger charge is 1.99. The molecule has 5 nitrogen and oxygen atoms in total. The summed E-state index contributed by atoms with van der Waals surface area (Å²) in [6, 6.07) is 0. The summed E-state index contributed by atoms with van der Waals surface area (Å²) < 4.78 is 7.08. The van der Waals surface area contributed by atoms with Crippen molar-refractivity contribution in [2.24, 2.45) is 0 Å². The van der Waals surface area contributed by atoms with E-state index in [1.54, 1.807) is 6.20 Å². The molecule has 0 saturated carbocycles. The molecule has 0 atom stereocenters. The summed E-state index contributed by atoms with van der Waals surface area (Å²) >= 11 is 5.16. The second kappa shape index (κ2) is 8.03. The third kappa shape index (κ3) is 5.65. The molecule has 0 amide bonds. The average Bonchev–Trinajstić information content (AvgIpc) is 2.76. The van der Waals surface area contributed by atoms with Crippen molar-refractivity contribution in [3.05, 3.63) is 12.4 Å². The van der Waals surface area contributed by atoms with Gasteiger partial charge in [0.25, 0.3) is 0 Å². The molecule has 1 rings (SSSR count). The minimum absolute atomic E-state index is 0.622. The second-order valence-electron chi connectivity index (χ2n) is 3.52. The van der Waals surface area contributed by atoms with Crippen LogP contribution in [0.5, 0.6) is 0 Å². The molecule has 0 unspecified atom stereocenters. The molecule has 0 aliphatic rings. The van der Waals surface area contributed by atoms with Crippen molar-refractivity contribution < 1.29 is 4.74 Å². The van der Waals surface area contributed by atoms with E-state index in [1.807, 2.05) is 24.7 Å². The molecule has 1 aromatic rings. The van der Waals surface area contributed by atoms with Crippen LogP contribution in [-0.4, -0.2) is 34.7 Å². The Morgan fingerprint density at radius 3 is 3.00 bits per heavy atom. The fourth-order valence-electron chi connectivity index (χ4n) is 1.30. The van der Waals surface area contributed by atoms with E-state index in [0.717, 1.165) is 38.4 Å². The normalized spacial score (nSPS) is 10.2. The first-order chi connectivity index (χ1) is 8.26. The van der Waals surface area contributed by atoms with E-state index in [1.165, 1.54) is 0 Å². The maximum Gasteiger partial charge on any atom is 0.170 e. The van der Waals surface area contributed by atoms with Crippen LogP contribution in [0, 0.1) is 0 Å². The van der Waals surface area contributed by atoms with Crippen molar-refractivity contribution in [3.63, 3.8) is 0 Å². The van der Waals surface area contributed by atoms with Gasteiger partial charge in [0.1, 0.15) is 0 Å². The van der Waals surface area contributed by atoms with Crippen LogP contribution in [0.2, 0.25) is 0 Å². The maximum absolute atomic E-state index is 5.23. The Balaban J connectivity index is 2.16. The third-order valence-corrected chi connectivity index (χ3v) is 2.42. The molecule has 0 aromatic carbocycles. The molecule has 0 bridgehead atoms. The molecule has 17 heavy (non-hydrogen) atoms. The van der Waals surface area contributed by atoms with Crippen LogP contribution in [-0.2, 0) is 11.3 Å². The van der Waals surface area contributed by atoms with E-state index in [4.69, 9.17) is 17.0 Å². The van der Waals surface area contributed by atoms with Gasteiger partial charge in [-0.15, -0.1) is 0 Å². The quantitative estimate of drug-likeness (QED) is 0.573. The molecule has 0 aliphatic heterocycles. The van der Waals surface area contributed by atoms with Gasteiger partial charge in [0, 0.05) is 32.5 Å². The SMILES string of the molecule is CCOCCCNC(=S)Nc1cnn(CC)c1.